The lowest BCUT2D eigenvalue weighted by molar-refractivity contribution is 0.415. The highest BCUT2D eigenvalue weighted by atomic mass is 16.5. The molecule has 0 aliphatic heterocycles. The van der Waals surface area contributed by atoms with Gasteiger partial charge in [-0.2, -0.15) is 10.1 Å². The number of anilines is 2. The highest BCUT2D eigenvalue weighted by Gasteiger charge is 2.16. The average Bonchev–Trinajstić information content (AvgIpc) is 3.08. The Morgan fingerprint density at radius 2 is 1.74 bits per heavy atom. The molecule has 0 aliphatic carbocycles. The minimum Gasteiger partial charge on any atom is -0.497 e. The van der Waals surface area contributed by atoms with E-state index in [1.165, 1.54) is 0 Å². The molecule has 27 heavy (non-hydrogen) atoms. The van der Waals surface area contributed by atoms with Gasteiger partial charge in [0.2, 0.25) is 5.95 Å². The molecule has 2 aromatic heterocycles. The van der Waals surface area contributed by atoms with Gasteiger partial charge in [-0.1, -0.05) is 30.3 Å². The summed E-state index contributed by atoms with van der Waals surface area (Å²) in [6.45, 7) is 4.19. The number of fused-ring (bicyclic) bond motifs is 1. The van der Waals surface area contributed by atoms with Crippen molar-refractivity contribution >= 4 is 22.7 Å². The smallest absolute Gasteiger partial charge is 0.229 e. The summed E-state index contributed by atoms with van der Waals surface area (Å²) < 4.78 is 7.14. The molecule has 0 spiro atoms. The highest BCUT2D eigenvalue weighted by molar-refractivity contribution is 5.91. The molecular formula is C21H21N5O. The van der Waals surface area contributed by atoms with E-state index in [9.17, 15) is 0 Å². The second-order valence-electron chi connectivity index (χ2n) is 6.54. The second-order valence-corrected chi connectivity index (χ2v) is 6.54. The van der Waals surface area contributed by atoms with Gasteiger partial charge in [0, 0.05) is 23.5 Å². The monoisotopic (exact) mass is 359 g/mol. The molecule has 0 atom stereocenters. The third-order valence-corrected chi connectivity index (χ3v) is 4.33. The van der Waals surface area contributed by atoms with Gasteiger partial charge in [0.05, 0.1) is 12.5 Å². The summed E-state index contributed by atoms with van der Waals surface area (Å²) >= 11 is 0. The van der Waals surface area contributed by atoms with Crippen LogP contribution in [0.25, 0.3) is 22.3 Å². The van der Waals surface area contributed by atoms with Crippen molar-refractivity contribution in [1.29, 1.82) is 0 Å². The number of methoxy groups -OCH3 is 1. The molecular weight excluding hydrogens is 338 g/mol. The van der Waals surface area contributed by atoms with Crippen molar-refractivity contribution < 1.29 is 4.74 Å². The number of hydrogen-bond acceptors (Lipinski definition) is 5. The lowest BCUT2D eigenvalue weighted by Gasteiger charge is -2.08. The van der Waals surface area contributed by atoms with E-state index in [2.05, 4.69) is 36.3 Å². The number of ether oxygens (including phenoxy) is 1. The first-order valence-electron chi connectivity index (χ1n) is 8.87. The van der Waals surface area contributed by atoms with Crippen molar-refractivity contribution in [2.45, 2.75) is 19.9 Å². The molecule has 0 unspecified atom stereocenters. The lowest BCUT2D eigenvalue weighted by Crippen LogP contribution is -2.05. The minimum absolute atomic E-state index is 0.189. The maximum absolute atomic E-state index is 5.19. The molecule has 6 heteroatoms. The fraction of sp³-hybridized carbons (Fsp3) is 0.190. The van der Waals surface area contributed by atoms with E-state index in [4.69, 9.17) is 14.8 Å². The lowest BCUT2D eigenvalue weighted by atomic mass is 10.1. The maximum Gasteiger partial charge on any atom is 0.229 e. The average molecular weight is 359 g/mol. The van der Waals surface area contributed by atoms with Crippen LogP contribution >= 0.6 is 0 Å². The topological polar surface area (TPSA) is 64.9 Å². The first-order valence-corrected chi connectivity index (χ1v) is 8.87. The summed E-state index contributed by atoms with van der Waals surface area (Å²) in [6.07, 6.45) is 1.84. The molecule has 4 aromatic rings. The summed E-state index contributed by atoms with van der Waals surface area (Å²) in [7, 11) is 1.65. The Morgan fingerprint density at radius 3 is 2.41 bits per heavy atom. The van der Waals surface area contributed by atoms with Crippen LogP contribution in [-0.2, 0) is 0 Å². The zero-order chi connectivity index (χ0) is 18.8. The molecule has 0 radical (unpaired) electrons. The predicted octanol–water partition coefficient (Wildman–Crippen LogP) is 4.83. The van der Waals surface area contributed by atoms with Gasteiger partial charge in [-0.3, -0.25) is 0 Å². The summed E-state index contributed by atoms with van der Waals surface area (Å²) in [6, 6.07) is 18.0. The van der Waals surface area contributed by atoms with E-state index in [1.807, 2.05) is 53.3 Å². The van der Waals surface area contributed by atoms with E-state index < -0.39 is 0 Å². The van der Waals surface area contributed by atoms with E-state index in [-0.39, 0.29) is 6.04 Å². The van der Waals surface area contributed by atoms with E-state index in [0.717, 1.165) is 33.7 Å². The standard InChI is InChI=1S/C21H21N5O/c1-14(2)26-20-18(19(25-26)15-7-5-4-6-8-15)13-22-21(24-20)23-16-9-11-17(27-3)12-10-16/h4-14H,1-3H3,(H,22,23,24). The van der Waals surface area contributed by atoms with Crippen LogP contribution in [0.1, 0.15) is 19.9 Å². The van der Waals surface area contributed by atoms with Gasteiger partial charge < -0.3 is 10.1 Å². The van der Waals surface area contributed by atoms with Crippen LogP contribution in [-0.4, -0.2) is 26.9 Å². The van der Waals surface area contributed by atoms with Crippen LogP contribution in [0.2, 0.25) is 0 Å². The Labute approximate surface area is 157 Å². The summed E-state index contributed by atoms with van der Waals surface area (Å²) in [5.74, 6) is 1.34. The molecule has 0 saturated heterocycles. The summed E-state index contributed by atoms with van der Waals surface area (Å²) in [5.41, 5.74) is 3.67. The number of benzene rings is 2. The Bertz CT molecular complexity index is 1060. The molecule has 2 aromatic carbocycles. The number of nitrogens with zero attached hydrogens (tertiary/aromatic N) is 4. The van der Waals surface area contributed by atoms with Gasteiger partial charge in [-0.25, -0.2) is 9.67 Å². The summed E-state index contributed by atoms with van der Waals surface area (Å²) in [5, 5.41) is 8.98. The van der Waals surface area contributed by atoms with Gasteiger partial charge in [-0.05, 0) is 38.1 Å². The van der Waals surface area contributed by atoms with Gasteiger partial charge in [0.25, 0.3) is 0 Å². The number of hydrogen-bond donors (Lipinski definition) is 1. The molecule has 0 aliphatic rings. The van der Waals surface area contributed by atoms with E-state index in [0.29, 0.717) is 5.95 Å². The molecule has 0 fully saturated rings. The number of aromatic nitrogens is 4. The molecule has 2 heterocycles. The van der Waals surface area contributed by atoms with Crippen molar-refractivity contribution in [2.75, 3.05) is 12.4 Å². The molecule has 0 amide bonds. The van der Waals surface area contributed by atoms with Crippen molar-refractivity contribution in [1.82, 2.24) is 19.7 Å². The molecule has 4 rings (SSSR count). The minimum atomic E-state index is 0.189. The summed E-state index contributed by atoms with van der Waals surface area (Å²) in [4.78, 5) is 9.22. The van der Waals surface area contributed by atoms with Crippen molar-refractivity contribution in [3.8, 4) is 17.0 Å². The Hall–Kier alpha value is -3.41. The van der Waals surface area contributed by atoms with Crippen LogP contribution in [0.5, 0.6) is 5.75 Å². The van der Waals surface area contributed by atoms with Crippen molar-refractivity contribution in [2.24, 2.45) is 0 Å². The van der Waals surface area contributed by atoms with Gasteiger partial charge >= 0.3 is 0 Å². The van der Waals surface area contributed by atoms with Crippen LogP contribution in [0.3, 0.4) is 0 Å². The Morgan fingerprint density at radius 1 is 1.00 bits per heavy atom. The largest absolute Gasteiger partial charge is 0.497 e. The SMILES string of the molecule is COc1ccc(Nc2ncc3c(-c4ccccc4)nn(C(C)C)c3n2)cc1. The van der Waals surface area contributed by atoms with Crippen LogP contribution in [0.4, 0.5) is 11.6 Å². The second kappa shape index (κ2) is 7.07. The van der Waals surface area contributed by atoms with Crippen LogP contribution < -0.4 is 10.1 Å². The molecule has 0 saturated carbocycles. The number of rotatable bonds is 5. The van der Waals surface area contributed by atoms with Gasteiger partial charge in [-0.15, -0.1) is 0 Å². The first-order chi connectivity index (χ1) is 13.2. The van der Waals surface area contributed by atoms with Gasteiger partial charge in [0.15, 0.2) is 5.65 Å². The molecule has 1 N–H and O–H groups in total. The fourth-order valence-corrected chi connectivity index (χ4v) is 2.96. The van der Waals surface area contributed by atoms with E-state index in [1.54, 1.807) is 7.11 Å². The molecule has 136 valence electrons. The van der Waals surface area contributed by atoms with Crippen LogP contribution in [0.15, 0.2) is 60.8 Å². The van der Waals surface area contributed by atoms with Gasteiger partial charge in [0.1, 0.15) is 11.4 Å². The third-order valence-electron chi connectivity index (χ3n) is 4.33. The Balaban J connectivity index is 1.75. The van der Waals surface area contributed by atoms with Crippen LogP contribution in [0, 0.1) is 0 Å². The van der Waals surface area contributed by atoms with Crippen molar-refractivity contribution in [3.63, 3.8) is 0 Å². The molecule has 0 bridgehead atoms. The first kappa shape index (κ1) is 17.0. The zero-order valence-corrected chi connectivity index (χ0v) is 15.5. The quantitative estimate of drug-likeness (QED) is 0.553. The highest BCUT2D eigenvalue weighted by Crippen LogP contribution is 2.29. The van der Waals surface area contributed by atoms with E-state index >= 15 is 0 Å². The maximum atomic E-state index is 5.19. The number of nitrogens with one attached hydrogen (secondary N) is 1. The normalized spacial score (nSPS) is 11.1. The van der Waals surface area contributed by atoms with Crippen molar-refractivity contribution in [3.05, 3.63) is 60.8 Å². The Kier molecular flexibility index (Phi) is 4.46. The third kappa shape index (κ3) is 3.33. The fourth-order valence-electron chi connectivity index (χ4n) is 2.96. The zero-order valence-electron chi connectivity index (χ0n) is 15.5. The predicted molar refractivity (Wildman–Crippen MR) is 107 cm³/mol. The molecule has 6 nitrogen and oxygen atoms in total.